The van der Waals surface area contributed by atoms with Crippen LogP contribution in [0.25, 0.3) is 11.3 Å². The highest BCUT2D eigenvalue weighted by Crippen LogP contribution is 2.33. The van der Waals surface area contributed by atoms with Crippen molar-refractivity contribution in [3.8, 4) is 28.6 Å². The Hall–Kier alpha value is -4.24. The normalized spacial score (nSPS) is 11.2. The van der Waals surface area contributed by atoms with E-state index in [1.165, 1.54) is 12.1 Å². The van der Waals surface area contributed by atoms with Crippen LogP contribution in [-0.4, -0.2) is 31.4 Å². The Kier molecular flexibility index (Phi) is 7.26. The third kappa shape index (κ3) is 5.78. The zero-order valence-corrected chi connectivity index (χ0v) is 22.0. The Morgan fingerprint density at radius 3 is 2.19 bits per heavy atom. The van der Waals surface area contributed by atoms with Gasteiger partial charge in [0.15, 0.2) is 5.03 Å². The van der Waals surface area contributed by atoms with E-state index in [-0.39, 0.29) is 19.3 Å². The highest BCUT2D eigenvalue weighted by Gasteiger charge is 2.24. The third-order valence-electron chi connectivity index (χ3n) is 5.66. The van der Waals surface area contributed by atoms with Crippen LogP contribution < -0.4 is 14.2 Å². The van der Waals surface area contributed by atoms with Gasteiger partial charge in [-0.05, 0) is 87.4 Å². The van der Waals surface area contributed by atoms with Crippen molar-refractivity contribution in [1.82, 2.24) is 14.7 Å². The second-order valence-corrected chi connectivity index (χ2v) is 10.3. The van der Waals surface area contributed by atoms with Gasteiger partial charge in [-0.15, -0.1) is 0 Å². The average molecular weight is 522 g/mol. The number of methoxy groups -OCH3 is 1. The maximum absolute atomic E-state index is 13.2. The Labute approximate surface area is 219 Å². The number of pyridine rings is 2. The average Bonchev–Trinajstić information content (AvgIpc) is 2.86. The largest absolute Gasteiger partial charge is 0.497 e. The lowest BCUT2D eigenvalue weighted by Crippen LogP contribution is -2.31. The molecule has 2 heterocycles. The second kappa shape index (κ2) is 10.4. The molecule has 1 N–H and O–H groups in total. The summed E-state index contributed by atoms with van der Waals surface area (Å²) < 4.78 is 39.2. The molecule has 0 aliphatic carbocycles. The summed E-state index contributed by atoms with van der Waals surface area (Å²) in [7, 11) is -2.64. The van der Waals surface area contributed by atoms with Crippen molar-refractivity contribution >= 4 is 15.9 Å². The number of ether oxygens (including phenoxy) is 2. The zero-order valence-electron chi connectivity index (χ0n) is 21.2. The summed E-state index contributed by atoms with van der Waals surface area (Å²) in [5.41, 5.74) is 4.57. The Morgan fingerprint density at radius 1 is 0.892 bits per heavy atom. The fourth-order valence-electron chi connectivity index (χ4n) is 3.94. The smallest absolute Gasteiger partial charge is 0.281 e. The van der Waals surface area contributed by atoms with Crippen LogP contribution in [0.1, 0.15) is 35.6 Å². The van der Waals surface area contributed by atoms with Crippen molar-refractivity contribution in [3.63, 3.8) is 0 Å². The van der Waals surface area contributed by atoms with Gasteiger partial charge in [0.05, 0.1) is 12.8 Å². The van der Waals surface area contributed by atoms with Gasteiger partial charge in [-0.3, -0.25) is 4.79 Å². The van der Waals surface area contributed by atoms with Gasteiger partial charge in [0, 0.05) is 14.1 Å². The van der Waals surface area contributed by atoms with Crippen LogP contribution >= 0.6 is 0 Å². The number of aromatic nitrogens is 2. The number of carbonyl (C=O) groups excluding carboxylic acids is 1. The molecule has 1 amide bonds. The molecule has 0 bridgehead atoms. The topological polar surface area (TPSA) is 107 Å². The summed E-state index contributed by atoms with van der Waals surface area (Å²) in [6.45, 7) is 7.45. The van der Waals surface area contributed by atoms with Crippen LogP contribution in [0.2, 0.25) is 0 Å². The number of hydrogen-bond donors (Lipinski definition) is 1. The van der Waals surface area contributed by atoms with E-state index in [1.54, 1.807) is 44.4 Å². The number of carbonyl (C=O) groups is 1. The molecular weight excluding hydrogens is 490 g/mol. The van der Waals surface area contributed by atoms with E-state index < -0.39 is 15.9 Å². The lowest BCUT2D eigenvalue weighted by atomic mass is 10.1. The first kappa shape index (κ1) is 25.8. The zero-order chi connectivity index (χ0) is 26.7. The molecule has 194 valence electrons. The molecular formula is C28H31N3O5S. The molecule has 0 spiro atoms. The lowest BCUT2D eigenvalue weighted by Gasteiger charge is -2.16. The van der Waals surface area contributed by atoms with Gasteiger partial charge in [-0.2, -0.15) is 8.42 Å². The number of hydrogen-bond acceptors (Lipinski definition) is 7. The van der Waals surface area contributed by atoms with Gasteiger partial charge in [-0.1, -0.05) is 23.8 Å². The minimum Gasteiger partial charge on any atom is -0.497 e. The van der Waals surface area contributed by atoms with E-state index >= 15 is 0 Å². The molecule has 0 saturated carbocycles. The van der Waals surface area contributed by atoms with Crippen LogP contribution in [0, 0.1) is 27.7 Å². The van der Waals surface area contributed by atoms with Crippen LogP contribution in [0.4, 0.5) is 0 Å². The Morgan fingerprint density at radius 2 is 1.57 bits per heavy atom. The number of nitrogens with one attached hydrogen (secondary N) is 1. The SMILES string of the molecule is COc1ccc(-c2ccc(C(=O)NS(=O)(=O)c3cccc(C)n3)c(Oc3c(C)cc(C)cc3C)n2)cc1.[HH].[HH]. The van der Waals surface area contributed by atoms with E-state index in [4.69, 9.17) is 9.47 Å². The fraction of sp³-hybridized carbons (Fsp3) is 0.179. The predicted molar refractivity (Wildman–Crippen MR) is 145 cm³/mol. The van der Waals surface area contributed by atoms with E-state index in [1.807, 2.05) is 45.0 Å². The molecule has 0 unspecified atom stereocenters. The standard InChI is InChI=1S/C28H27N3O5S.2H2/c1-17-15-18(2)26(19(3)16-17)36-28-23(13-14-24(30-28)21-9-11-22(35-5)12-10-21)27(32)31-37(33,34)25-8-6-7-20(4)29-25;;/h6-16H,1-5H3,(H,31,32);2*1H. The van der Waals surface area contributed by atoms with Gasteiger partial charge < -0.3 is 9.47 Å². The minimum atomic E-state index is -4.22. The molecule has 0 fully saturated rings. The molecule has 0 radical (unpaired) electrons. The first-order chi connectivity index (χ1) is 17.6. The molecule has 4 aromatic rings. The maximum Gasteiger partial charge on any atom is 0.281 e. The quantitative estimate of drug-likeness (QED) is 0.328. The van der Waals surface area contributed by atoms with Gasteiger partial charge in [-0.25, -0.2) is 14.7 Å². The van der Waals surface area contributed by atoms with Crippen LogP contribution in [0.3, 0.4) is 0 Å². The molecule has 4 rings (SSSR count). The van der Waals surface area contributed by atoms with Crippen molar-refractivity contribution in [2.45, 2.75) is 32.7 Å². The van der Waals surface area contributed by atoms with Crippen molar-refractivity contribution in [3.05, 3.63) is 94.7 Å². The van der Waals surface area contributed by atoms with Crippen molar-refractivity contribution in [2.24, 2.45) is 0 Å². The highest BCUT2D eigenvalue weighted by molar-refractivity contribution is 7.90. The summed E-state index contributed by atoms with van der Waals surface area (Å²) >= 11 is 0. The van der Waals surface area contributed by atoms with E-state index in [9.17, 15) is 13.2 Å². The second-order valence-electron chi connectivity index (χ2n) is 8.66. The summed E-state index contributed by atoms with van der Waals surface area (Å²) in [6.07, 6.45) is 0. The lowest BCUT2D eigenvalue weighted by molar-refractivity contribution is 0.0978. The molecule has 2 aromatic carbocycles. The number of sulfonamides is 1. The Bertz CT molecular complexity index is 1570. The maximum atomic E-state index is 13.2. The van der Waals surface area contributed by atoms with Crippen LogP contribution in [-0.2, 0) is 10.0 Å². The molecule has 0 atom stereocenters. The number of benzene rings is 2. The first-order valence-corrected chi connectivity index (χ1v) is 13.0. The first-order valence-electron chi connectivity index (χ1n) is 11.5. The van der Waals surface area contributed by atoms with Crippen molar-refractivity contribution in [1.29, 1.82) is 0 Å². The predicted octanol–water partition coefficient (Wildman–Crippen LogP) is 5.79. The van der Waals surface area contributed by atoms with Gasteiger partial charge in [0.2, 0.25) is 5.88 Å². The monoisotopic (exact) mass is 521 g/mol. The highest BCUT2D eigenvalue weighted by atomic mass is 32.2. The summed E-state index contributed by atoms with van der Waals surface area (Å²) in [5, 5.41) is -0.253. The third-order valence-corrected chi connectivity index (χ3v) is 6.89. The summed E-state index contributed by atoms with van der Waals surface area (Å²) in [5.74, 6) is 0.335. The molecule has 2 aromatic heterocycles. The summed E-state index contributed by atoms with van der Waals surface area (Å²) in [6, 6.07) is 18.9. The van der Waals surface area contributed by atoms with Gasteiger partial charge in [0.1, 0.15) is 17.1 Å². The van der Waals surface area contributed by atoms with Crippen LogP contribution in [0.5, 0.6) is 17.4 Å². The van der Waals surface area contributed by atoms with Crippen molar-refractivity contribution < 1.29 is 25.5 Å². The molecule has 9 heteroatoms. The number of aryl methyl sites for hydroxylation is 4. The van der Waals surface area contributed by atoms with E-state index in [0.29, 0.717) is 22.9 Å². The molecule has 37 heavy (non-hydrogen) atoms. The minimum absolute atomic E-state index is 0. The number of nitrogens with zero attached hydrogens (tertiary/aromatic N) is 2. The van der Waals surface area contributed by atoms with Crippen molar-refractivity contribution in [2.75, 3.05) is 7.11 Å². The molecule has 0 aliphatic heterocycles. The molecule has 8 nitrogen and oxygen atoms in total. The van der Waals surface area contributed by atoms with Crippen LogP contribution in [0.15, 0.2) is 71.8 Å². The molecule has 0 aliphatic rings. The summed E-state index contributed by atoms with van der Waals surface area (Å²) in [4.78, 5) is 21.9. The molecule has 0 saturated heterocycles. The van der Waals surface area contributed by atoms with Gasteiger partial charge in [0.25, 0.3) is 15.9 Å². The van der Waals surface area contributed by atoms with E-state index in [0.717, 1.165) is 22.3 Å². The number of amides is 1. The Balaban J connectivity index is 0.00000267. The number of rotatable bonds is 7. The van der Waals surface area contributed by atoms with Gasteiger partial charge >= 0.3 is 0 Å². The fourth-order valence-corrected chi connectivity index (χ4v) is 4.92. The van der Waals surface area contributed by atoms with E-state index in [2.05, 4.69) is 14.7 Å².